The van der Waals surface area contributed by atoms with Crippen LogP contribution in [-0.4, -0.2) is 30.1 Å². The van der Waals surface area contributed by atoms with E-state index in [0.717, 1.165) is 31.2 Å². The first-order chi connectivity index (χ1) is 9.72. The molecule has 0 bridgehead atoms. The largest absolute Gasteiger partial charge is 0.312 e. The molecule has 1 atom stereocenters. The Morgan fingerprint density at radius 2 is 2.10 bits per heavy atom. The zero-order chi connectivity index (χ0) is 13.9. The fourth-order valence-corrected chi connectivity index (χ4v) is 3.17. The zero-order valence-electron chi connectivity index (χ0n) is 11.7. The van der Waals surface area contributed by atoms with Gasteiger partial charge >= 0.3 is 0 Å². The summed E-state index contributed by atoms with van der Waals surface area (Å²) in [6, 6.07) is 6.45. The number of hydrogen-bond donors (Lipinski definition) is 1. The van der Waals surface area contributed by atoms with Crippen molar-refractivity contribution < 1.29 is 4.39 Å². The Morgan fingerprint density at radius 3 is 2.85 bits per heavy atom. The molecule has 2 fully saturated rings. The van der Waals surface area contributed by atoms with Crippen LogP contribution in [-0.2, 0) is 6.54 Å². The first kappa shape index (κ1) is 14.3. The van der Waals surface area contributed by atoms with E-state index in [1.165, 1.54) is 38.2 Å². The van der Waals surface area contributed by atoms with Crippen molar-refractivity contribution in [3.8, 4) is 0 Å². The fraction of sp³-hybridized carbons (Fsp3) is 0.625. The maximum Gasteiger partial charge on any atom is 0.141 e. The third-order valence-corrected chi connectivity index (χ3v) is 4.63. The fourth-order valence-electron chi connectivity index (χ4n) is 2.96. The number of likely N-dealkylation sites (tertiary alicyclic amines) is 1. The van der Waals surface area contributed by atoms with Crippen molar-refractivity contribution in [1.29, 1.82) is 0 Å². The molecule has 1 aliphatic heterocycles. The molecule has 110 valence electrons. The lowest BCUT2D eigenvalue weighted by molar-refractivity contribution is 0.137. The Bertz CT molecular complexity index is 462. The molecular formula is C16H22ClFN2. The first-order valence-corrected chi connectivity index (χ1v) is 8.01. The molecule has 1 unspecified atom stereocenters. The third-order valence-electron chi connectivity index (χ3n) is 4.34. The van der Waals surface area contributed by atoms with Crippen molar-refractivity contribution >= 4 is 11.6 Å². The molecule has 0 radical (unpaired) electrons. The lowest BCUT2D eigenvalue weighted by atomic mass is 10.0. The molecular weight excluding hydrogens is 275 g/mol. The van der Waals surface area contributed by atoms with Crippen LogP contribution < -0.4 is 5.32 Å². The van der Waals surface area contributed by atoms with E-state index in [2.05, 4.69) is 10.2 Å². The minimum absolute atomic E-state index is 0.229. The number of nitrogens with one attached hydrogen (secondary N) is 1. The average molecular weight is 297 g/mol. The van der Waals surface area contributed by atoms with E-state index in [9.17, 15) is 4.39 Å². The Labute approximate surface area is 125 Å². The highest BCUT2D eigenvalue weighted by atomic mass is 35.5. The summed E-state index contributed by atoms with van der Waals surface area (Å²) < 4.78 is 13.2. The number of hydrogen-bond acceptors (Lipinski definition) is 2. The van der Waals surface area contributed by atoms with Gasteiger partial charge in [0.1, 0.15) is 5.82 Å². The molecule has 1 aliphatic carbocycles. The predicted molar refractivity (Wildman–Crippen MR) is 80.5 cm³/mol. The maximum atomic E-state index is 13.2. The number of rotatable bonds is 5. The minimum atomic E-state index is -0.332. The van der Waals surface area contributed by atoms with Crippen LogP contribution in [0.1, 0.15) is 37.7 Å². The molecule has 1 heterocycles. The number of halogens is 2. The normalized spacial score (nSPS) is 24.0. The van der Waals surface area contributed by atoms with Crippen LogP contribution >= 0.6 is 11.6 Å². The zero-order valence-corrected chi connectivity index (χ0v) is 12.5. The van der Waals surface area contributed by atoms with Gasteiger partial charge < -0.3 is 5.32 Å². The molecule has 0 spiro atoms. The summed E-state index contributed by atoms with van der Waals surface area (Å²) in [5, 5.41) is 3.86. The topological polar surface area (TPSA) is 15.3 Å². The van der Waals surface area contributed by atoms with Crippen molar-refractivity contribution in [3.63, 3.8) is 0 Å². The van der Waals surface area contributed by atoms with Gasteiger partial charge in [0.05, 0.1) is 5.02 Å². The molecule has 1 N–H and O–H groups in total. The van der Waals surface area contributed by atoms with Gasteiger partial charge in [-0.05, 0) is 49.9 Å². The Kier molecular flexibility index (Phi) is 4.59. The number of benzene rings is 1. The van der Waals surface area contributed by atoms with E-state index in [-0.39, 0.29) is 10.8 Å². The van der Waals surface area contributed by atoms with Gasteiger partial charge in [-0.15, -0.1) is 0 Å². The van der Waals surface area contributed by atoms with Gasteiger partial charge in [0.2, 0.25) is 0 Å². The van der Waals surface area contributed by atoms with Gasteiger partial charge in [0.15, 0.2) is 0 Å². The van der Waals surface area contributed by atoms with Gasteiger partial charge in [-0.1, -0.05) is 24.1 Å². The summed E-state index contributed by atoms with van der Waals surface area (Å²) in [7, 11) is 0. The Hall–Kier alpha value is -0.640. The lowest BCUT2D eigenvalue weighted by Gasteiger charge is -2.36. The maximum absolute atomic E-state index is 13.2. The second kappa shape index (κ2) is 6.42. The molecule has 2 nitrogen and oxygen atoms in total. The van der Waals surface area contributed by atoms with E-state index in [4.69, 9.17) is 11.6 Å². The van der Waals surface area contributed by atoms with Gasteiger partial charge in [-0.25, -0.2) is 4.39 Å². The van der Waals surface area contributed by atoms with Gasteiger partial charge in [0.25, 0.3) is 0 Å². The molecule has 1 saturated heterocycles. The highest BCUT2D eigenvalue weighted by molar-refractivity contribution is 6.30. The van der Waals surface area contributed by atoms with Crippen LogP contribution in [0.25, 0.3) is 0 Å². The third kappa shape index (κ3) is 3.72. The summed E-state index contributed by atoms with van der Waals surface area (Å²) in [5.41, 5.74) is 1.11. The molecule has 0 amide bonds. The number of piperidine rings is 1. The quantitative estimate of drug-likeness (QED) is 0.893. The Balaban J connectivity index is 1.61. The van der Waals surface area contributed by atoms with E-state index in [0.29, 0.717) is 6.04 Å². The summed E-state index contributed by atoms with van der Waals surface area (Å²) in [5.74, 6) is -0.332. The van der Waals surface area contributed by atoms with Gasteiger partial charge in [-0.2, -0.15) is 0 Å². The Morgan fingerprint density at radius 1 is 1.25 bits per heavy atom. The average Bonchev–Trinajstić information content (AvgIpc) is 3.26. The predicted octanol–water partition coefficient (Wildman–Crippen LogP) is 3.59. The van der Waals surface area contributed by atoms with Crippen LogP contribution in [0.3, 0.4) is 0 Å². The van der Waals surface area contributed by atoms with E-state index < -0.39 is 0 Å². The molecule has 1 aromatic rings. The first-order valence-electron chi connectivity index (χ1n) is 7.64. The highest BCUT2D eigenvalue weighted by Gasteiger charge is 2.26. The smallest absolute Gasteiger partial charge is 0.141 e. The van der Waals surface area contributed by atoms with Crippen LogP contribution in [0, 0.1) is 5.82 Å². The molecule has 2 aliphatic rings. The SMILES string of the molecule is Fc1ccc(CN2CCCCC2CNC2CC2)cc1Cl. The summed E-state index contributed by atoms with van der Waals surface area (Å²) in [6.07, 6.45) is 6.50. The van der Waals surface area contributed by atoms with E-state index in [1.54, 1.807) is 6.07 Å². The van der Waals surface area contributed by atoms with Crippen LogP contribution in [0.15, 0.2) is 18.2 Å². The lowest BCUT2D eigenvalue weighted by Crippen LogP contribution is -2.45. The van der Waals surface area contributed by atoms with Crippen LogP contribution in [0.4, 0.5) is 4.39 Å². The summed E-state index contributed by atoms with van der Waals surface area (Å²) in [4.78, 5) is 2.52. The second-order valence-electron chi connectivity index (χ2n) is 6.05. The van der Waals surface area contributed by atoms with E-state index in [1.807, 2.05) is 6.07 Å². The van der Waals surface area contributed by atoms with Gasteiger partial charge in [0, 0.05) is 25.2 Å². The molecule has 4 heteroatoms. The van der Waals surface area contributed by atoms with Crippen molar-refractivity contribution in [1.82, 2.24) is 10.2 Å². The van der Waals surface area contributed by atoms with Crippen molar-refractivity contribution in [2.24, 2.45) is 0 Å². The summed E-state index contributed by atoms with van der Waals surface area (Å²) in [6.45, 7) is 3.09. The molecule has 1 saturated carbocycles. The van der Waals surface area contributed by atoms with Crippen molar-refractivity contribution in [3.05, 3.63) is 34.6 Å². The van der Waals surface area contributed by atoms with E-state index >= 15 is 0 Å². The van der Waals surface area contributed by atoms with Crippen LogP contribution in [0.5, 0.6) is 0 Å². The van der Waals surface area contributed by atoms with Crippen LogP contribution in [0.2, 0.25) is 5.02 Å². The molecule has 3 rings (SSSR count). The van der Waals surface area contributed by atoms with Gasteiger partial charge in [-0.3, -0.25) is 4.90 Å². The molecule has 0 aromatic heterocycles. The second-order valence-corrected chi connectivity index (χ2v) is 6.46. The van der Waals surface area contributed by atoms with Crippen molar-refractivity contribution in [2.45, 2.75) is 50.7 Å². The summed E-state index contributed by atoms with van der Waals surface area (Å²) >= 11 is 5.87. The monoisotopic (exact) mass is 296 g/mol. The standard InChI is InChI=1S/C16H22ClFN2/c17-15-9-12(4-7-16(15)18)11-20-8-2-1-3-14(20)10-19-13-5-6-13/h4,7,9,13-14,19H,1-3,5-6,8,10-11H2. The number of nitrogens with zero attached hydrogens (tertiary/aromatic N) is 1. The molecule has 20 heavy (non-hydrogen) atoms. The van der Waals surface area contributed by atoms with Crippen molar-refractivity contribution in [2.75, 3.05) is 13.1 Å². The molecule has 1 aromatic carbocycles. The minimum Gasteiger partial charge on any atom is -0.312 e. The highest BCUT2D eigenvalue weighted by Crippen LogP contribution is 2.24.